The Balaban J connectivity index is 1.90. The third-order valence-corrected chi connectivity index (χ3v) is 4.08. The van der Waals surface area contributed by atoms with Crippen molar-refractivity contribution in [2.24, 2.45) is 0 Å². The van der Waals surface area contributed by atoms with Gasteiger partial charge in [-0.1, -0.05) is 39.8 Å². The highest BCUT2D eigenvalue weighted by atomic mass is 16.5. The largest absolute Gasteiger partial charge is 0.339 e. The number of hydrogen-bond donors (Lipinski definition) is 0. The van der Waals surface area contributed by atoms with Gasteiger partial charge >= 0.3 is 0 Å². The summed E-state index contributed by atoms with van der Waals surface area (Å²) in [6.07, 6.45) is 4.15. The molecule has 0 fully saturated rings. The molecule has 2 aromatic heterocycles. The molecule has 0 saturated carbocycles. The first kappa shape index (κ1) is 16.7. The molecule has 2 atom stereocenters. The van der Waals surface area contributed by atoms with Crippen LogP contribution in [0.2, 0.25) is 0 Å². The van der Waals surface area contributed by atoms with Gasteiger partial charge in [-0.05, 0) is 31.7 Å². The van der Waals surface area contributed by atoms with Crippen LogP contribution in [-0.2, 0) is 0 Å². The summed E-state index contributed by atoms with van der Waals surface area (Å²) in [5.41, 5.74) is 1.15. The summed E-state index contributed by atoms with van der Waals surface area (Å²) in [6, 6.07) is 2.49. The van der Waals surface area contributed by atoms with Gasteiger partial charge in [0.25, 0.3) is 0 Å². The second-order valence-corrected chi connectivity index (χ2v) is 6.85. The predicted octanol–water partition coefficient (Wildman–Crippen LogP) is 4.66. The monoisotopic (exact) mass is 304 g/mol. The number of hydrogen-bond acceptors (Lipinski definition) is 4. The molecule has 0 saturated heterocycles. The van der Waals surface area contributed by atoms with Gasteiger partial charge in [-0.2, -0.15) is 10.1 Å². The first-order chi connectivity index (χ1) is 10.4. The molecule has 0 radical (unpaired) electrons. The number of nitrogens with zero attached hydrogens (tertiary/aromatic N) is 4. The topological polar surface area (TPSA) is 56.7 Å². The molecule has 0 N–H and O–H groups in total. The quantitative estimate of drug-likeness (QED) is 0.746. The lowest BCUT2D eigenvalue weighted by Crippen LogP contribution is -2.08. The molecule has 0 spiro atoms. The minimum absolute atomic E-state index is 0.283. The molecule has 22 heavy (non-hydrogen) atoms. The Bertz CT molecular complexity index is 533. The van der Waals surface area contributed by atoms with Crippen LogP contribution in [-0.4, -0.2) is 19.9 Å². The average Bonchev–Trinajstić information content (AvgIpc) is 3.12. The minimum atomic E-state index is 0.283. The number of rotatable bonds is 7. The van der Waals surface area contributed by atoms with Crippen LogP contribution in [0.4, 0.5) is 0 Å². The summed E-state index contributed by atoms with van der Waals surface area (Å²) in [6.45, 7) is 12.8. The van der Waals surface area contributed by atoms with Crippen molar-refractivity contribution in [2.45, 2.75) is 78.2 Å². The van der Waals surface area contributed by atoms with Crippen molar-refractivity contribution in [1.29, 1.82) is 0 Å². The fraction of sp³-hybridized carbons (Fsp3) is 0.706. The van der Waals surface area contributed by atoms with Crippen molar-refractivity contribution in [1.82, 2.24) is 19.9 Å². The van der Waals surface area contributed by atoms with Crippen LogP contribution < -0.4 is 0 Å². The van der Waals surface area contributed by atoms with E-state index in [1.807, 2.05) is 0 Å². The minimum Gasteiger partial charge on any atom is -0.339 e. The Labute approximate surface area is 133 Å². The second kappa shape index (κ2) is 7.07. The standard InChI is InChI=1S/C17H28N4O/c1-11(2)15-9-10-21(19-15)14(6)8-7-13(5)16-18-17(12(3)4)22-20-16/h9-14H,7-8H2,1-6H3. The fourth-order valence-electron chi connectivity index (χ4n) is 2.34. The lowest BCUT2D eigenvalue weighted by atomic mass is 10.0. The lowest BCUT2D eigenvalue weighted by molar-refractivity contribution is 0.355. The van der Waals surface area contributed by atoms with Gasteiger partial charge in [0.2, 0.25) is 5.89 Å². The first-order valence-corrected chi connectivity index (χ1v) is 8.27. The van der Waals surface area contributed by atoms with Gasteiger partial charge in [0, 0.05) is 24.1 Å². The summed E-state index contributed by atoms with van der Waals surface area (Å²) in [7, 11) is 0. The molecule has 122 valence electrons. The van der Waals surface area contributed by atoms with E-state index >= 15 is 0 Å². The SMILES string of the molecule is CC(C)c1ccn(C(C)CCC(C)c2noc(C(C)C)n2)n1. The van der Waals surface area contributed by atoms with E-state index in [1.54, 1.807) is 0 Å². The molecule has 0 aliphatic heterocycles. The van der Waals surface area contributed by atoms with Gasteiger partial charge in [0.05, 0.1) is 5.69 Å². The van der Waals surface area contributed by atoms with Gasteiger partial charge in [-0.15, -0.1) is 0 Å². The lowest BCUT2D eigenvalue weighted by Gasteiger charge is -2.14. The molecule has 0 bridgehead atoms. The Kier molecular flexibility index (Phi) is 5.37. The highest BCUT2D eigenvalue weighted by Crippen LogP contribution is 2.24. The number of aromatic nitrogens is 4. The molecule has 0 aliphatic carbocycles. The third kappa shape index (κ3) is 3.96. The molecular weight excluding hydrogens is 276 g/mol. The van der Waals surface area contributed by atoms with Crippen molar-refractivity contribution < 1.29 is 4.52 Å². The maximum Gasteiger partial charge on any atom is 0.229 e. The van der Waals surface area contributed by atoms with Gasteiger partial charge in [-0.3, -0.25) is 4.68 Å². The van der Waals surface area contributed by atoms with E-state index < -0.39 is 0 Å². The molecular formula is C17H28N4O. The van der Waals surface area contributed by atoms with Crippen LogP contribution in [0, 0.1) is 0 Å². The van der Waals surface area contributed by atoms with E-state index in [4.69, 9.17) is 4.52 Å². The van der Waals surface area contributed by atoms with Crippen molar-refractivity contribution in [3.63, 3.8) is 0 Å². The summed E-state index contributed by atoms with van der Waals surface area (Å²) in [5, 5.41) is 8.76. The molecule has 2 heterocycles. The summed E-state index contributed by atoms with van der Waals surface area (Å²) >= 11 is 0. The Morgan fingerprint density at radius 3 is 2.32 bits per heavy atom. The van der Waals surface area contributed by atoms with Crippen LogP contribution in [0.15, 0.2) is 16.8 Å². The highest BCUT2D eigenvalue weighted by molar-refractivity contribution is 5.04. The van der Waals surface area contributed by atoms with E-state index in [9.17, 15) is 0 Å². The molecule has 2 aromatic rings. The van der Waals surface area contributed by atoms with Crippen molar-refractivity contribution in [3.8, 4) is 0 Å². The average molecular weight is 304 g/mol. The van der Waals surface area contributed by atoms with Crippen LogP contribution in [0.5, 0.6) is 0 Å². The summed E-state index contributed by atoms with van der Waals surface area (Å²) < 4.78 is 7.36. The van der Waals surface area contributed by atoms with Crippen LogP contribution in [0.25, 0.3) is 0 Å². The molecule has 5 nitrogen and oxygen atoms in total. The van der Waals surface area contributed by atoms with Crippen LogP contribution >= 0.6 is 0 Å². The third-order valence-electron chi connectivity index (χ3n) is 4.08. The van der Waals surface area contributed by atoms with Gasteiger partial charge in [0.1, 0.15) is 0 Å². The van der Waals surface area contributed by atoms with E-state index in [2.05, 4.69) is 73.7 Å². The smallest absolute Gasteiger partial charge is 0.229 e. The van der Waals surface area contributed by atoms with E-state index in [1.165, 1.54) is 0 Å². The van der Waals surface area contributed by atoms with Gasteiger partial charge in [-0.25, -0.2) is 0 Å². The highest BCUT2D eigenvalue weighted by Gasteiger charge is 2.17. The zero-order valence-electron chi connectivity index (χ0n) is 14.6. The van der Waals surface area contributed by atoms with Crippen molar-refractivity contribution >= 4 is 0 Å². The van der Waals surface area contributed by atoms with Crippen LogP contribution in [0.1, 0.15) is 95.6 Å². The van der Waals surface area contributed by atoms with E-state index in [-0.39, 0.29) is 5.92 Å². The van der Waals surface area contributed by atoms with Crippen LogP contribution in [0.3, 0.4) is 0 Å². The fourth-order valence-corrected chi connectivity index (χ4v) is 2.34. The van der Waals surface area contributed by atoms with E-state index in [0.29, 0.717) is 17.9 Å². The normalized spacial score (nSPS) is 14.7. The van der Waals surface area contributed by atoms with Gasteiger partial charge in [0.15, 0.2) is 5.82 Å². The van der Waals surface area contributed by atoms with Crippen molar-refractivity contribution in [2.75, 3.05) is 0 Å². The predicted molar refractivity (Wildman–Crippen MR) is 87.1 cm³/mol. The Morgan fingerprint density at radius 1 is 1.05 bits per heavy atom. The zero-order chi connectivity index (χ0) is 16.3. The molecule has 2 rings (SSSR count). The van der Waals surface area contributed by atoms with E-state index in [0.717, 1.165) is 30.3 Å². The van der Waals surface area contributed by atoms with Gasteiger partial charge < -0.3 is 4.52 Å². The molecule has 0 aromatic carbocycles. The summed E-state index contributed by atoms with van der Waals surface area (Å²) in [4.78, 5) is 4.49. The Hall–Kier alpha value is -1.65. The maximum absolute atomic E-state index is 5.29. The first-order valence-electron chi connectivity index (χ1n) is 8.27. The molecule has 0 amide bonds. The molecule has 0 aliphatic rings. The summed E-state index contributed by atoms with van der Waals surface area (Å²) in [5.74, 6) is 2.61. The van der Waals surface area contributed by atoms with Crippen molar-refractivity contribution in [3.05, 3.63) is 29.7 Å². The Morgan fingerprint density at radius 2 is 1.77 bits per heavy atom. The molecule has 2 unspecified atom stereocenters. The zero-order valence-corrected chi connectivity index (χ0v) is 14.6. The maximum atomic E-state index is 5.29. The molecule has 5 heteroatoms. The second-order valence-electron chi connectivity index (χ2n) is 6.85.